The van der Waals surface area contributed by atoms with E-state index in [1.807, 2.05) is 11.0 Å². The van der Waals surface area contributed by atoms with Crippen LogP contribution in [0.15, 0.2) is 12.7 Å². The van der Waals surface area contributed by atoms with Gasteiger partial charge in [0.1, 0.15) is 6.54 Å². The molecule has 0 spiro atoms. The lowest BCUT2D eigenvalue weighted by Crippen LogP contribution is -2.53. The van der Waals surface area contributed by atoms with Crippen LogP contribution < -0.4 is 0 Å². The van der Waals surface area contributed by atoms with E-state index in [2.05, 4.69) is 27.4 Å². The Hall–Kier alpha value is -0.870. The van der Waals surface area contributed by atoms with Gasteiger partial charge in [-0.1, -0.05) is 25.3 Å². The fourth-order valence-corrected chi connectivity index (χ4v) is 3.23. The fourth-order valence-electron chi connectivity index (χ4n) is 3.23. The van der Waals surface area contributed by atoms with Crippen LogP contribution in [0.3, 0.4) is 0 Å². The number of carbonyl (C=O) groups excluding carboxylic acids is 1. The van der Waals surface area contributed by atoms with Crippen LogP contribution in [0.4, 0.5) is 0 Å². The summed E-state index contributed by atoms with van der Waals surface area (Å²) >= 11 is 0. The fraction of sp³-hybridized carbons (Fsp3) is 0.850. The smallest absolute Gasteiger partial charge is 0.222 e. The summed E-state index contributed by atoms with van der Waals surface area (Å²) in [7, 11) is 0. The van der Waals surface area contributed by atoms with Crippen LogP contribution >= 0.6 is 0 Å². The average Bonchev–Trinajstić information content (AvgIpc) is 2.60. The molecule has 0 aliphatic carbocycles. The first-order valence-electron chi connectivity index (χ1n) is 9.93. The normalized spacial score (nSPS) is 11.5. The van der Waals surface area contributed by atoms with Crippen molar-refractivity contribution in [2.45, 2.75) is 65.7 Å². The molecule has 24 heavy (non-hydrogen) atoms. The van der Waals surface area contributed by atoms with Crippen molar-refractivity contribution in [3.05, 3.63) is 12.7 Å². The molecule has 1 amide bonds. The number of carbonyl (C=O) groups is 1. The lowest BCUT2D eigenvalue weighted by Gasteiger charge is -2.38. The first kappa shape index (κ1) is 23.1. The van der Waals surface area contributed by atoms with E-state index >= 15 is 0 Å². The zero-order chi connectivity index (χ0) is 18.3. The van der Waals surface area contributed by atoms with Crippen LogP contribution in [0.2, 0.25) is 0 Å². The highest BCUT2D eigenvalue weighted by Gasteiger charge is 2.24. The van der Waals surface area contributed by atoms with E-state index in [9.17, 15) is 9.90 Å². The number of aliphatic hydroxyl groups excluding tert-OH is 1. The molecule has 1 N–H and O–H groups in total. The summed E-state index contributed by atoms with van der Waals surface area (Å²) in [6.07, 6.45) is 9.58. The lowest BCUT2D eigenvalue weighted by molar-refractivity contribution is -0.924. The van der Waals surface area contributed by atoms with E-state index in [4.69, 9.17) is 0 Å². The van der Waals surface area contributed by atoms with Crippen LogP contribution in [0.1, 0.15) is 65.7 Å². The molecule has 0 aromatic heterocycles. The van der Waals surface area contributed by atoms with Gasteiger partial charge >= 0.3 is 0 Å². The molecule has 0 aliphatic heterocycles. The molecule has 0 saturated carbocycles. The first-order valence-corrected chi connectivity index (χ1v) is 9.93. The van der Waals surface area contributed by atoms with Crippen LogP contribution in [-0.4, -0.2) is 66.3 Å². The summed E-state index contributed by atoms with van der Waals surface area (Å²) in [5, 5.41) is 9.31. The molecule has 0 heterocycles. The summed E-state index contributed by atoms with van der Waals surface area (Å²) in [6.45, 7) is 15.7. The number of rotatable bonds is 16. The van der Waals surface area contributed by atoms with Crippen LogP contribution in [-0.2, 0) is 4.79 Å². The Morgan fingerprint density at radius 1 is 1.04 bits per heavy atom. The summed E-state index contributed by atoms with van der Waals surface area (Å²) in [4.78, 5) is 14.4. The Balaban J connectivity index is 4.13. The van der Waals surface area contributed by atoms with E-state index in [-0.39, 0.29) is 12.5 Å². The van der Waals surface area contributed by atoms with Gasteiger partial charge in [0.25, 0.3) is 0 Å². The van der Waals surface area contributed by atoms with E-state index in [1.54, 1.807) is 0 Å². The maximum atomic E-state index is 12.4. The third kappa shape index (κ3) is 9.43. The van der Waals surface area contributed by atoms with Crippen molar-refractivity contribution >= 4 is 5.91 Å². The van der Waals surface area contributed by atoms with Gasteiger partial charge in [0.2, 0.25) is 5.91 Å². The van der Waals surface area contributed by atoms with Crippen molar-refractivity contribution < 1.29 is 14.4 Å². The van der Waals surface area contributed by atoms with Gasteiger partial charge in [-0.3, -0.25) is 4.79 Å². The van der Waals surface area contributed by atoms with Gasteiger partial charge in [0.05, 0.1) is 32.8 Å². The second-order valence-corrected chi connectivity index (χ2v) is 6.71. The average molecular weight is 342 g/mol. The monoisotopic (exact) mass is 341 g/mol. The summed E-state index contributed by atoms with van der Waals surface area (Å²) in [6, 6.07) is 0. The third-order valence-corrected chi connectivity index (χ3v) is 5.29. The minimum atomic E-state index is 0.216. The molecular formula is C20H41N2O2+. The van der Waals surface area contributed by atoms with Crippen molar-refractivity contribution in [2.75, 3.05) is 45.9 Å². The number of likely N-dealkylation sites (N-methyl/N-ethyl adjacent to an activating group) is 2. The molecule has 142 valence electrons. The predicted octanol–water partition coefficient (Wildman–Crippen LogP) is 3.60. The molecule has 0 aromatic rings. The molecule has 0 aliphatic rings. The largest absolute Gasteiger partial charge is 0.391 e. The Labute approximate surface area is 150 Å². The maximum absolute atomic E-state index is 12.4. The minimum Gasteiger partial charge on any atom is -0.391 e. The number of aliphatic hydroxyl groups is 1. The summed E-state index contributed by atoms with van der Waals surface area (Å²) in [5.41, 5.74) is 0. The van der Waals surface area contributed by atoms with Gasteiger partial charge in [0.15, 0.2) is 0 Å². The van der Waals surface area contributed by atoms with Gasteiger partial charge in [-0.2, -0.15) is 0 Å². The van der Waals surface area contributed by atoms with E-state index in [0.717, 1.165) is 63.0 Å². The van der Waals surface area contributed by atoms with Crippen molar-refractivity contribution in [1.82, 2.24) is 4.90 Å². The third-order valence-electron chi connectivity index (χ3n) is 5.29. The first-order chi connectivity index (χ1) is 11.6. The van der Waals surface area contributed by atoms with E-state index < -0.39 is 0 Å². The van der Waals surface area contributed by atoms with Crippen molar-refractivity contribution in [1.29, 1.82) is 0 Å². The molecule has 0 unspecified atom stereocenters. The topological polar surface area (TPSA) is 40.5 Å². The van der Waals surface area contributed by atoms with Gasteiger partial charge in [-0.15, -0.1) is 6.58 Å². The molecule has 4 nitrogen and oxygen atoms in total. The highest BCUT2D eigenvalue weighted by Crippen LogP contribution is 2.10. The van der Waals surface area contributed by atoms with E-state index in [1.165, 1.54) is 19.3 Å². The van der Waals surface area contributed by atoms with Crippen LogP contribution in [0.25, 0.3) is 0 Å². The van der Waals surface area contributed by atoms with Gasteiger partial charge in [-0.05, 0) is 40.0 Å². The SMILES string of the molecule is C=CCCCCCCCC(=O)N(CC)CC[N+](CC)(CC)CCO. The Morgan fingerprint density at radius 2 is 1.67 bits per heavy atom. The zero-order valence-corrected chi connectivity index (χ0v) is 16.4. The molecular weight excluding hydrogens is 300 g/mol. The predicted molar refractivity (Wildman–Crippen MR) is 103 cm³/mol. The second-order valence-electron chi connectivity index (χ2n) is 6.71. The number of nitrogens with zero attached hydrogens (tertiary/aromatic N) is 2. The molecule has 4 heteroatoms. The molecule has 0 atom stereocenters. The number of unbranched alkanes of at least 4 members (excludes halogenated alkanes) is 5. The minimum absolute atomic E-state index is 0.216. The molecule has 0 radical (unpaired) electrons. The highest BCUT2D eigenvalue weighted by atomic mass is 16.3. The van der Waals surface area contributed by atoms with Crippen LogP contribution in [0.5, 0.6) is 0 Å². The number of quaternary nitrogens is 1. The Kier molecular flexibility index (Phi) is 13.9. The van der Waals surface area contributed by atoms with Crippen molar-refractivity contribution in [3.63, 3.8) is 0 Å². The van der Waals surface area contributed by atoms with Gasteiger partial charge < -0.3 is 14.5 Å². The Bertz CT molecular complexity index is 328. The highest BCUT2D eigenvalue weighted by molar-refractivity contribution is 5.76. The number of allylic oxidation sites excluding steroid dienone is 1. The standard InChI is InChI=1S/C20H41N2O2/c1-5-9-10-11-12-13-14-15-20(24)21(6-2)16-17-22(7-3,8-4)18-19-23/h5,23H,1,6-19H2,2-4H3/q+1. The van der Waals surface area contributed by atoms with Crippen LogP contribution in [0, 0.1) is 0 Å². The zero-order valence-electron chi connectivity index (χ0n) is 16.4. The number of hydrogen-bond acceptors (Lipinski definition) is 2. The molecule has 0 saturated heterocycles. The molecule has 0 fully saturated rings. The molecule has 0 bridgehead atoms. The number of hydrogen-bond donors (Lipinski definition) is 1. The maximum Gasteiger partial charge on any atom is 0.222 e. The molecule has 0 aromatic carbocycles. The quantitative estimate of drug-likeness (QED) is 0.265. The summed E-state index contributed by atoms with van der Waals surface area (Å²) in [5.74, 6) is 0.290. The van der Waals surface area contributed by atoms with E-state index in [0.29, 0.717) is 6.42 Å². The van der Waals surface area contributed by atoms with Crippen molar-refractivity contribution in [2.24, 2.45) is 0 Å². The number of amides is 1. The molecule has 0 rings (SSSR count). The second kappa shape index (κ2) is 14.5. The Morgan fingerprint density at radius 3 is 2.21 bits per heavy atom. The summed E-state index contributed by atoms with van der Waals surface area (Å²) < 4.78 is 0.892. The van der Waals surface area contributed by atoms with Crippen molar-refractivity contribution in [3.8, 4) is 0 Å². The lowest BCUT2D eigenvalue weighted by atomic mass is 10.1. The van der Waals surface area contributed by atoms with Gasteiger partial charge in [0, 0.05) is 13.0 Å². The van der Waals surface area contributed by atoms with Gasteiger partial charge in [-0.25, -0.2) is 0 Å².